The third kappa shape index (κ3) is 5.73. The molecule has 0 fully saturated rings. The Hall–Kier alpha value is -3.02. The zero-order valence-corrected chi connectivity index (χ0v) is 16.8. The highest BCUT2D eigenvalue weighted by Gasteiger charge is 2.11. The van der Waals surface area contributed by atoms with E-state index in [4.69, 9.17) is 26.2 Å². The number of ether oxygens (including phenoxy) is 2. The number of benzene rings is 3. The second-order valence-electron chi connectivity index (χ2n) is 6.47. The van der Waals surface area contributed by atoms with Crippen LogP contribution >= 0.6 is 11.6 Å². The molecule has 0 heterocycles. The number of aromatic carboxylic acids is 1. The van der Waals surface area contributed by atoms with E-state index < -0.39 is 5.97 Å². The maximum atomic E-state index is 10.9. The molecule has 3 aromatic rings. The Morgan fingerprint density at radius 3 is 2.34 bits per heavy atom. The van der Waals surface area contributed by atoms with Crippen LogP contribution in [0.25, 0.3) is 0 Å². The van der Waals surface area contributed by atoms with Crippen molar-refractivity contribution in [1.29, 1.82) is 0 Å². The summed E-state index contributed by atoms with van der Waals surface area (Å²) in [5.74, 6) is 0.278. The van der Waals surface area contributed by atoms with E-state index in [1.807, 2.05) is 36.4 Å². The Morgan fingerprint density at radius 1 is 0.966 bits per heavy atom. The van der Waals surface area contributed by atoms with Crippen molar-refractivity contribution in [3.63, 3.8) is 0 Å². The third-order valence-corrected chi connectivity index (χ3v) is 4.77. The standard InChI is InChI=1S/C23H22ClNO4/c1-28-21-11-19(14-25-13-16-7-9-18(10-8-16)23(26)27)20(24)12-22(21)29-15-17-5-3-2-4-6-17/h2-12,25H,13-15H2,1H3,(H,26,27). The average molecular weight is 412 g/mol. The first-order valence-electron chi connectivity index (χ1n) is 9.13. The molecule has 0 spiro atoms. The molecule has 0 aliphatic rings. The Balaban J connectivity index is 1.61. The first-order valence-corrected chi connectivity index (χ1v) is 9.50. The summed E-state index contributed by atoms with van der Waals surface area (Å²) in [6.45, 7) is 1.55. The molecule has 0 bridgehead atoms. The Kier molecular flexibility index (Phi) is 7.11. The number of carboxylic acids is 1. The van der Waals surface area contributed by atoms with Crippen LogP contribution in [0.3, 0.4) is 0 Å². The van der Waals surface area contributed by atoms with Gasteiger partial charge in [-0.05, 0) is 34.9 Å². The molecule has 3 rings (SSSR count). The van der Waals surface area contributed by atoms with Gasteiger partial charge in [0.15, 0.2) is 11.5 Å². The maximum Gasteiger partial charge on any atom is 0.335 e. The van der Waals surface area contributed by atoms with Crippen molar-refractivity contribution >= 4 is 17.6 Å². The molecule has 0 amide bonds. The number of hydrogen-bond donors (Lipinski definition) is 2. The van der Waals surface area contributed by atoms with Gasteiger partial charge in [-0.3, -0.25) is 0 Å². The molecule has 29 heavy (non-hydrogen) atoms. The minimum absolute atomic E-state index is 0.271. The van der Waals surface area contributed by atoms with E-state index in [1.165, 1.54) is 0 Å². The molecular weight excluding hydrogens is 390 g/mol. The normalized spacial score (nSPS) is 10.6. The van der Waals surface area contributed by atoms with E-state index in [9.17, 15) is 4.79 Å². The third-order valence-electron chi connectivity index (χ3n) is 4.42. The molecule has 150 valence electrons. The van der Waals surface area contributed by atoms with Crippen LogP contribution in [-0.2, 0) is 19.7 Å². The van der Waals surface area contributed by atoms with E-state index in [-0.39, 0.29) is 5.56 Å². The molecule has 0 aliphatic heterocycles. The number of methoxy groups -OCH3 is 1. The number of rotatable bonds is 9. The zero-order chi connectivity index (χ0) is 20.6. The molecule has 0 aromatic heterocycles. The fraction of sp³-hybridized carbons (Fsp3) is 0.174. The fourth-order valence-electron chi connectivity index (χ4n) is 2.83. The van der Waals surface area contributed by atoms with Crippen molar-refractivity contribution in [2.24, 2.45) is 0 Å². The van der Waals surface area contributed by atoms with Crippen molar-refractivity contribution in [2.75, 3.05) is 7.11 Å². The van der Waals surface area contributed by atoms with Crippen LogP contribution in [0.1, 0.15) is 27.0 Å². The van der Waals surface area contributed by atoms with Crippen LogP contribution in [0.5, 0.6) is 11.5 Å². The van der Waals surface area contributed by atoms with Crippen molar-refractivity contribution in [2.45, 2.75) is 19.7 Å². The summed E-state index contributed by atoms with van der Waals surface area (Å²) in [5, 5.41) is 12.8. The number of carbonyl (C=O) groups is 1. The first kappa shape index (κ1) is 20.7. The molecule has 6 heteroatoms. The lowest BCUT2D eigenvalue weighted by Crippen LogP contribution is -2.13. The molecule has 0 saturated carbocycles. The van der Waals surface area contributed by atoms with Gasteiger partial charge in [-0.1, -0.05) is 54.1 Å². The van der Waals surface area contributed by atoms with Gasteiger partial charge in [-0.2, -0.15) is 0 Å². The van der Waals surface area contributed by atoms with Gasteiger partial charge in [0, 0.05) is 24.2 Å². The topological polar surface area (TPSA) is 67.8 Å². The number of nitrogens with one attached hydrogen (secondary N) is 1. The summed E-state index contributed by atoms with van der Waals surface area (Å²) >= 11 is 6.44. The van der Waals surface area contributed by atoms with Crippen LogP contribution in [0.15, 0.2) is 66.7 Å². The second kappa shape index (κ2) is 9.96. The van der Waals surface area contributed by atoms with Crippen LogP contribution in [-0.4, -0.2) is 18.2 Å². The lowest BCUT2D eigenvalue weighted by Gasteiger charge is -2.14. The molecule has 0 aliphatic carbocycles. The first-order chi connectivity index (χ1) is 14.1. The quantitative estimate of drug-likeness (QED) is 0.523. The van der Waals surface area contributed by atoms with Crippen LogP contribution in [0, 0.1) is 0 Å². The average Bonchev–Trinajstić information content (AvgIpc) is 2.74. The monoisotopic (exact) mass is 411 g/mol. The molecule has 5 nitrogen and oxygen atoms in total. The van der Waals surface area contributed by atoms with Crippen molar-refractivity contribution in [3.8, 4) is 11.5 Å². The van der Waals surface area contributed by atoms with Crippen LogP contribution < -0.4 is 14.8 Å². The summed E-state index contributed by atoms with van der Waals surface area (Å²) < 4.78 is 11.3. The van der Waals surface area contributed by atoms with Gasteiger partial charge in [0.2, 0.25) is 0 Å². The van der Waals surface area contributed by atoms with Gasteiger partial charge < -0.3 is 19.9 Å². The molecule has 0 unspecified atom stereocenters. The lowest BCUT2D eigenvalue weighted by molar-refractivity contribution is 0.0697. The molecule has 2 N–H and O–H groups in total. The lowest BCUT2D eigenvalue weighted by atomic mass is 10.1. The van der Waals surface area contributed by atoms with Gasteiger partial charge in [0.1, 0.15) is 6.61 Å². The molecule has 0 atom stereocenters. The Morgan fingerprint density at radius 2 is 1.69 bits per heavy atom. The predicted octanol–water partition coefficient (Wildman–Crippen LogP) is 4.92. The number of carboxylic acid groups (broad SMARTS) is 1. The van der Waals surface area contributed by atoms with E-state index in [1.54, 1.807) is 37.4 Å². The number of hydrogen-bond acceptors (Lipinski definition) is 4. The summed E-state index contributed by atoms with van der Waals surface area (Å²) in [6.07, 6.45) is 0. The van der Waals surface area contributed by atoms with Gasteiger partial charge in [-0.15, -0.1) is 0 Å². The zero-order valence-electron chi connectivity index (χ0n) is 16.0. The van der Waals surface area contributed by atoms with E-state index in [0.29, 0.717) is 36.2 Å². The van der Waals surface area contributed by atoms with Gasteiger partial charge in [-0.25, -0.2) is 4.79 Å². The van der Waals surface area contributed by atoms with Crippen molar-refractivity contribution in [1.82, 2.24) is 5.32 Å². The SMILES string of the molecule is COc1cc(CNCc2ccc(C(=O)O)cc2)c(Cl)cc1OCc1ccccc1. The molecule has 0 saturated heterocycles. The highest BCUT2D eigenvalue weighted by Crippen LogP contribution is 2.34. The Bertz CT molecular complexity index is 959. The van der Waals surface area contributed by atoms with Crippen molar-refractivity contribution < 1.29 is 19.4 Å². The molecular formula is C23H22ClNO4. The summed E-state index contributed by atoms with van der Waals surface area (Å²) in [7, 11) is 1.60. The highest BCUT2D eigenvalue weighted by atomic mass is 35.5. The molecule has 0 radical (unpaired) electrons. The second-order valence-corrected chi connectivity index (χ2v) is 6.88. The van der Waals surface area contributed by atoms with E-state index in [0.717, 1.165) is 16.7 Å². The fourth-order valence-corrected chi connectivity index (χ4v) is 3.05. The summed E-state index contributed by atoms with van der Waals surface area (Å²) in [4.78, 5) is 10.9. The van der Waals surface area contributed by atoms with Crippen LogP contribution in [0.4, 0.5) is 0 Å². The largest absolute Gasteiger partial charge is 0.493 e. The predicted molar refractivity (Wildman–Crippen MR) is 113 cm³/mol. The minimum atomic E-state index is -0.932. The number of halogens is 1. The van der Waals surface area contributed by atoms with Crippen molar-refractivity contribution in [3.05, 3.63) is 94.0 Å². The van der Waals surface area contributed by atoms with E-state index in [2.05, 4.69) is 5.32 Å². The van der Waals surface area contributed by atoms with Gasteiger partial charge in [0.05, 0.1) is 12.7 Å². The van der Waals surface area contributed by atoms with Crippen LogP contribution in [0.2, 0.25) is 5.02 Å². The summed E-state index contributed by atoms with van der Waals surface area (Å²) in [6, 6.07) is 20.3. The highest BCUT2D eigenvalue weighted by molar-refractivity contribution is 6.31. The summed E-state index contributed by atoms with van der Waals surface area (Å²) in [5.41, 5.74) is 3.21. The molecule has 3 aromatic carbocycles. The van der Waals surface area contributed by atoms with Gasteiger partial charge in [0.25, 0.3) is 0 Å². The van der Waals surface area contributed by atoms with Gasteiger partial charge >= 0.3 is 5.97 Å². The Labute approximate surface area is 174 Å². The maximum absolute atomic E-state index is 10.9. The van der Waals surface area contributed by atoms with E-state index >= 15 is 0 Å². The minimum Gasteiger partial charge on any atom is -0.493 e. The smallest absolute Gasteiger partial charge is 0.335 e.